The summed E-state index contributed by atoms with van der Waals surface area (Å²) in [5, 5.41) is 12.2. The molecule has 1 aromatic rings. The monoisotopic (exact) mass is 268 g/mol. The van der Waals surface area contributed by atoms with Crippen molar-refractivity contribution in [2.45, 2.75) is 25.4 Å². The van der Waals surface area contributed by atoms with Gasteiger partial charge in [-0.15, -0.1) is 0 Å². The number of aromatic carboxylic acids is 1. The molecule has 0 saturated carbocycles. The summed E-state index contributed by atoms with van der Waals surface area (Å²) in [7, 11) is 1.63. The normalized spacial score (nSPS) is 19.1. The van der Waals surface area contributed by atoms with Crippen LogP contribution in [0.2, 0.25) is 0 Å². The first kappa shape index (κ1) is 13.5. The van der Waals surface area contributed by atoms with Gasteiger partial charge in [-0.1, -0.05) is 5.16 Å². The highest BCUT2D eigenvalue weighted by Gasteiger charge is 2.23. The molecule has 1 aromatic heterocycles. The minimum Gasteiger partial charge on any atom is -0.475 e. The molecule has 2 heterocycles. The fourth-order valence-electron chi connectivity index (χ4n) is 2.01. The summed E-state index contributed by atoms with van der Waals surface area (Å²) in [6, 6.07) is 1.13. The number of carbonyl (C=O) groups excluding carboxylic acids is 1. The number of hydrogen-bond acceptors (Lipinski definition) is 5. The van der Waals surface area contributed by atoms with Crippen molar-refractivity contribution in [3.63, 3.8) is 0 Å². The van der Waals surface area contributed by atoms with Crippen molar-refractivity contribution in [2.24, 2.45) is 0 Å². The summed E-state index contributed by atoms with van der Waals surface area (Å²) in [5.41, 5.74) is -0.00397. The van der Waals surface area contributed by atoms with E-state index in [4.69, 9.17) is 9.84 Å². The Kier molecular flexibility index (Phi) is 4.16. The Morgan fingerprint density at radius 1 is 1.53 bits per heavy atom. The van der Waals surface area contributed by atoms with Crippen LogP contribution in [0.3, 0.4) is 0 Å². The van der Waals surface area contributed by atoms with Gasteiger partial charge in [-0.2, -0.15) is 0 Å². The van der Waals surface area contributed by atoms with Crippen molar-refractivity contribution in [1.29, 1.82) is 0 Å². The SMILES string of the molecule is CN(CC1CCCCO1)C(=O)c1cc(C(=O)O)on1. The number of likely N-dealkylation sites (N-methyl/N-ethyl adjacent to an activating group) is 1. The molecule has 1 amide bonds. The number of carboxylic acids is 1. The maximum absolute atomic E-state index is 12.0. The molecular weight excluding hydrogens is 252 g/mol. The number of carbonyl (C=O) groups is 2. The molecule has 1 fully saturated rings. The number of amides is 1. The zero-order valence-electron chi connectivity index (χ0n) is 10.7. The van der Waals surface area contributed by atoms with E-state index in [2.05, 4.69) is 9.68 Å². The molecule has 1 N–H and O–H groups in total. The van der Waals surface area contributed by atoms with Crippen LogP contribution in [0.25, 0.3) is 0 Å². The molecule has 1 aliphatic heterocycles. The number of hydrogen-bond donors (Lipinski definition) is 1. The Bertz CT molecular complexity index is 464. The third-order valence-electron chi connectivity index (χ3n) is 3.04. The van der Waals surface area contributed by atoms with Gasteiger partial charge in [0.1, 0.15) is 0 Å². The molecule has 0 radical (unpaired) electrons. The highest BCUT2D eigenvalue weighted by atomic mass is 16.5. The van der Waals surface area contributed by atoms with E-state index in [0.717, 1.165) is 31.9 Å². The van der Waals surface area contributed by atoms with Crippen LogP contribution < -0.4 is 0 Å². The van der Waals surface area contributed by atoms with Gasteiger partial charge in [0.05, 0.1) is 6.10 Å². The molecule has 0 aromatic carbocycles. The average molecular weight is 268 g/mol. The van der Waals surface area contributed by atoms with Gasteiger partial charge in [0.25, 0.3) is 5.91 Å². The fourth-order valence-corrected chi connectivity index (χ4v) is 2.01. The molecule has 1 atom stereocenters. The topological polar surface area (TPSA) is 92.9 Å². The van der Waals surface area contributed by atoms with Gasteiger partial charge >= 0.3 is 5.97 Å². The Morgan fingerprint density at radius 3 is 2.89 bits per heavy atom. The number of nitrogens with zero attached hydrogens (tertiary/aromatic N) is 2. The lowest BCUT2D eigenvalue weighted by atomic mass is 10.1. The highest BCUT2D eigenvalue weighted by molar-refractivity contribution is 5.94. The highest BCUT2D eigenvalue weighted by Crippen LogP contribution is 2.14. The average Bonchev–Trinajstić information content (AvgIpc) is 2.88. The van der Waals surface area contributed by atoms with E-state index in [0.29, 0.717) is 6.54 Å². The number of carboxylic acid groups (broad SMARTS) is 1. The minimum absolute atomic E-state index is 0.00397. The van der Waals surface area contributed by atoms with Gasteiger partial charge in [-0.05, 0) is 19.3 Å². The lowest BCUT2D eigenvalue weighted by Gasteiger charge is -2.26. The first-order chi connectivity index (χ1) is 9.08. The van der Waals surface area contributed by atoms with Gasteiger partial charge in [0.15, 0.2) is 5.69 Å². The second kappa shape index (κ2) is 5.83. The first-order valence-corrected chi connectivity index (χ1v) is 6.15. The van der Waals surface area contributed by atoms with Gasteiger partial charge in [0, 0.05) is 26.3 Å². The van der Waals surface area contributed by atoms with E-state index < -0.39 is 5.97 Å². The van der Waals surface area contributed by atoms with Crippen molar-refractivity contribution in [3.05, 3.63) is 17.5 Å². The van der Waals surface area contributed by atoms with Crippen molar-refractivity contribution < 1.29 is 24.0 Å². The number of aromatic nitrogens is 1. The van der Waals surface area contributed by atoms with E-state index >= 15 is 0 Å². The van der Waals surface area contributed by atoms with E-state index in [9.17, 15) is 9.59 Å². The van der Waals surface area contributed by atoms with Crippen molar-refractivity contribution >= 4 is 11.9 Å². The maximum atomic E-state index is 12.0. The molecule has 7 nitrogen and oxygen atoms in total. The van der Waals surface area contributed by atoms with E-state index in [1.54, 1.807) is 7.05 Å². The van der Waals surface area contributed by atoms with Gasteiger partial charge in [-0.3, -0.25) is 4.79 Å². The van der Waals surface area contributed by atoms with E-state index in [-0.39, 0.29) is 23.5 Å². The predicted molar refractivity (Wildman–Crippen MR) is 64.0 cm³/mol. The molecule has 1 saturated heterocycles. The van der Waals surface area contributed by atoms with Crippen molar-refractivity contribution in [2.75, 3.05) is 20.2 Å². The fraction of sp³-hybridized carbons (Fsp3) is 0.583. The molecule has 2 rings (SSSR count). The Morgan fingerprint density at radius 2 is 2.32 bits per heavy atom. The van der Waals surface area contributed by atoms with Crippen LogP contribution in [0.15, 0.2) is 10.6 Å². The summed E-state index contributed by atoms with van der Waals surface area (Å²) in [6.45, 7) is 1.19. The zero-order valence-corrected chi connectivity index (χ0v) is 10.7. The molecule has 104 valence electrons. The van der Waals surface area contributed by atoms with Crippen LogP contribution in [0.1, 0.15) is 40.3 Å². The van der Waals surface area contributed by atoms with Crippen LogP contribution in [0.5, 0.6) is 0 Å². The van der Waals surface area contributed by atoms with Crippen LogP contribution in [0.4, 0.5) is 0 Å². The maximum Gasteiger partial charge on any atom is 0.374 e. The molecule has 0 bridgehead atoms. The van der Waals surface area contributed by atoms with Crippen LogP contribution >= 0.6 is 0 Å². The molecule has 1 aliphatic rings. The van der Waals surface area contributed by atoms with E-state index in [1.807, 2.05) is 0 Å². The summed E-state index contributed by atoms with van der Waals surface area (Å²) in [6.07, 6.45) is 3.12. The number of ether oxygens (including phenoxy) is 1. The molecule has 1 unspecified atom stereocenters. The summed E-state index contributed by atoms with van der Waals surface area (Å²) in [4.78, 5) is 24.1. The van der Waals surface area contributed by atoms with Gasteiger partial charge < -0.3 is 19.3 Å². The molecule has 19 heavy (non-hydrogen) atoms. The summed E-state index contributed by atoms with van der Waals surface area (Å²) < 4.78 is 10.1. The lowest BCUT2D eigenvalue weighted by molar-refractivity contribution is -0.000359. The lowest BCUT2D eigenvalue weighted by Crippen LogP contribution is -2.37. The summed E-state index contributed by atoms with van der Waals surface area (Å²) >= 11 is 0. The van der Waals surface area contributed by atoms with E-state index in [1.165, 1.54) is 4.90 Å². The Hall–Kier alpha value is -1.89. The molecular formula is C12H16N2O5. The Labute approximate surface area is 110 Å². The van der Waals surface area contributed by atoms with Crippen LogP contribution in [0, 0.1) is 0 Å². The minimum atomic E-state index is -1.25. The van der Waals surface area contributed by atoms with Gasteiger partial charge in [-0.25, -0.2) is 4.79 Å². The number of rotatable bonds is 4. The third-order valence-corrected chi connectivity index (χ3v) is 3.04. The zero-order chi connectivity index (χ0) is 13.8. The standard InChI is InChI=1S/C12H16N2O5/c1-14(7-8-4-2-3-5-18-8)11(15)9-6-10(12(16)17)19-13-9/h6,8H,2-5,7H2,1H3,(H,16,17). The smallest absolute Gasteiger partial charge is 0.374 e. The second-order valence-corrected chi connectivity index (χ2v) is 4.56. The largest absolute Gasteiger partial charge is 0.475 e. The summed E-state index contributed by atoms with van der Waals surface area (Å²) in [5.74, 6) is -1.96. The first-order valence-electron chi connectivity index (χ1n) is 6.15. The molecule has 0 spiro atoms. The Balaban J connectivity index is 1.95. The predicted octanol–water partition coefficient (Wildman–Crippen LogP) is 1.01. The van der Waals surface area contributed by atoms with Crippen molar-refractivity contribution in [1.82, 2.24) is 10.1 Å². The molecule has 0 aliphatic carbocycles. The second-order valence-electron chi connectivity index (χ2n) is 4.56. The van der Waals surface area contributed by atoms with Crippen LogP contribution in [-0.2, 0) is 4.74 Å². The third kappa shape index (κ3) is 3.31. The van der Waals surface area contributed by atoms with Crippen molar-refractivity contribution in [3.8, 4) is 0 Å². The molecule has 7 heteroatoms. The quantitative estimate of drug-likeness (QED) is 0.876. The van der Waals surface area contributed by atoms with Crippen LogP contribution in [-0.4, -0.2) is 53.3 Å². The van der Waals surface area contributed by atoms with Gasteiger partial charge in [0.2, 0.25) is 5.76 Å².